The SMILES string of the molecule is Cc1ccc2nc(N)n(C3CCNC3)c2c1. The minimum Gasteiger partial charge on any atom is -0.369 e. The number of hydrogen-bond acceptors (Lipinski definition) is 3. The summed E-state index contributed by atoms with van der Waals surface area (Å²) >= 11 is 0. The summed E-state index contributed by atoms with van der Waals surface area (Å²) in [6, 6.07) is 6.73. The zero-order valence-electron chi connectivity index (χ0n) is 9.40. The van der Waals surface area contributed by atoms with Crippen LogP contribution in [0.4, 0.5) is 5.95 Å². The van der Waals surface area contributed by atoms with Crippen molar-refractivity contribution >= 4 is 17.0 Å². The molecule has 3 N–H and O–H groups in total. The third-order valence-electron chi connectivity index (χ3n) is 3.27. The van der Waals surface area contributed by atoms with Crippen LogP contribution in [-0.2, 0) is 0 Å². The summed E-state index contributed by atoms with van der Waals surface area (Å²) in [4.78, 5) is 4.41. The van der Waals surface area contributed by atoms with Crippen LogP contribution in [0.25, 0.3) is 11.0 Å². The topological polar surface area (TPSA) is 55.9 Å². The van der Waals surface area contributed by atoms with E-state index < -0.39 is 0 Å². The van der Waals surface area contributed by atoms with Gasteiger partial charge in [0.15, 0.2) is 0 Å². The molecule has 4 nitrogen and oxygen atoms in total. The van der Waals surface area contributed by atoms with E-state index in [-0.39, 0.29) is 0 Å². The van der Waals surface area contributed by atoms with Crippen LogP contribution in [0.1, 0.15) is 18.0 Å². The third-order valence-corrected chi connectivity index (χ3v) is 3.27. The van der Waals surface area contributed by atoms with Crippen molar-refractivity contribution in [2.45, 2.75) is 19.4 Å². The third kappa shape index (κ3) is 1.38. The molecule has 0 bridgehead atoms. The molecule has 1 unspecified atom stereocenters. The Morgan fingerprint density at radius 3 is 3.12 bits per heavy atom. The molecule has 1 aromatic heterocycles. The van der Waals surface area contributed by atoms with Crippen molar-refractivity contribution in [1.29, 1.82) is 0 Å². The van der Waals surface area contributed by atoms with Crippen LogP contribution < -0.4 is 11.1 Å². The van der Waals surface area contributed by atoms with Crippen molar-refractivity contribution in [3.63, 3.8) is 0 Å². The first-order chi connectivity index (χ1) is 7.75. The van der Waals surface area contributed by atoms with E-state index in [1.54, 1.807) is 0 Å². The molecule has 1 atom stereocenters. The molecule has 0 spiro atoms. The standard InChI is InChI=1S/C12H16N4/c1-8-2-3-10-11(6-8)16(12(13)15-10)9-4-5-14-7-9/h2-3,6,9,14H,4-5,7H2,1H3,(H2,13,15). The first-order valence-corrected chi connectivity index (χ1v) is 5.70. The molecule has 3 rings (SSSR count). The fourth-order valence-corrected chi connectivity index (χ4v) is 2.47. The molecule has 16 heavy (non-hydrogen) atoms. The summed E-state index contributed by atoms with van der Waals surface area (Å²) in [5.41, 5.74) is 9.41. The summed E-state index contributed by atoms with van der Waals surface area (Å²) in [5, 5.41) is 3.36. The number of anilines is 1. The molecule has 2 aromatic rings. The van der Waals surface area contributed by atoms with Crippen molar-refractivity contribution in [2.75, 3.05) is 18.8 Å². The Hall–Kier alpha value is -1.55. The number of nitrogen functional groups attached to an aromatic ring is 1. The number of nitrogens with two attached hydrogens (primary N) is 1. The van der Waals surface area contributed by atoms with Gasteiger partial charge in [-0.1, -0.05) is 6.07 Å². The number of aryl methyl sites for hydroxylation is 1. The molecule has 0 radical (unpaired) electrons. The number of imidazole rings is 1. The molecule has 1 aromatic carbocycles. The van der Waals surface area contributed by atoms with E-state index in [0.717, 1.165) is 30.5 Å². The Bertz CT molecular complexity index is 523. The van der Waals surface area contributed by atoms with Gasteiger partial charge < -0.3 is 15.6 Å². The first kappa shape index (κ1) is 9.66. The van der Waals surface area contributed by atoms with Gasteiger partial charge in [-0.15, -0.1) is 0 Å². The highest BCUT2D eigenvalue weighted by atomic mass is 15.2. The monoisotopic (exact) mass is 216 g/mol. The van der Waals surface area contributed by atoms with Crippen molar-refractivity contribution in [2.24, 2.45) is 0 Å². The molecule has 1 saturated heterocycles. The van der Waals surface area contributed by atoms with Crippen LogP contribution in [0, 0.1) is 6.92 Å². The Morgan fingerprint density at radius 2 is 2.38 bits per heavy atom. The van der Waals surface area contributed by atoms with Crippen molar-refractivity contribution < 1.29 is 0 Å². The second-order valence-electron chi connectivity index (χ2n) is 4.48. The first-order valence-electron chi connectivity index (χ1n) is 5.70. The molecule has 1 aliphatic heterocycles. The van der Waals surface area contributed by atoms with Gasteiger partial charge in [-0.05, 0) is 37.6 Å². The quantitative estimate of drug-likeness (QED) is 0.758. The van der Waals surface area contributed by atoms with Gasteiger partial charge in [0.05, 0.1) is 17.1 Å². The maximum atomic E-state index is 6.01. The fourth-order valence-electron chi connectivity index (χ4n) is 2.47. The molecular formula is C12H16N4. The van der Waals surface area contributed by atoms with E-state index in [0.29, 0.717) is 12.0 Å². The van der Waals surface area contributed by atoms with E-state index >= 15 is 0 Å². The van der Waals surface area contributed by atoms with E-state index in [9.17, 15) is 0 Å². The maximum absolute atomic E-state index is 6.01. The van der Waals surface area contributed by atoms with Crippen LogP contribution in [-0.4, -0.2) is 22.6 Å². The Labute approximate surface area is 94.5 Å². The zero-order valence-corrected chi connectivity index (χ0v) is 9.40. The lowest BCUT2D eigenvalue weighted by Crippen LogP contribution is -2.15. The number of nitrogens with one attached hydrogen (secondary N) is 1. The smallest absolute Gasteiger partial charge is 0.201 e. The van der Waals surface area contributed by atoms with E-state index in [1.165, 1.54) is 5.56 Å². The van der Waals surface area contributed by atoms with E-state index in [4.69, 9.17) is 5.73 Å². The van der Waals surface area contributed by atoms with Crippen LogP contribution in [0.2, 0.25) is 0 Å². The molecule has 1 fully saturated rings. The van der Waals surface area contributed by atoms with Gasteiger partial charge in [0.2, 0.25) is 5.95 Å². The minimum atomic E-state index is 0.451. The van der Waals surface area contributed by atoms with Gasteiger partial charge in [0.25, 0.3) is 0 Å². The summed E-state index contributed by atoms with van der Waals surface area (Å²) in [5.74, 6) is 0.634. The highest BCUT2D eigenvalue weighted by Gasteiger charge is 2.20. The number of rotatable bonds is 1. The molecule has 0 saturated carbocycles. The van der Waals surface area contributed by atoms with Gasteiger partial charge in [-0.2, -0.15) is 0 Å². The van der Waals surface area contributed by atoms with Crippen LogP contribution >= 0.6 is 0 Å². The number of aromatic nitrogens is 2. The van der Waals surface area contributed by atoms with Crippen LogP contribution in [0.5, 0.6) is 0 Å². The lowest BCUT2D eigenvalue weighted by molar-refractivity contribution is 0.569. The zero-order chi connectivity index (χ0) is 11.1. The number of benzene rings is 1. The minimum absolute atomic E-state index is 0.451. The second kappa shape index (κ2) is 3.49. The summed E-state index contributed by atoms with van der Waals surface area (Å²) in [6.07, 6.45) is 1.13. The summed E-state index contributed by atoms with van der Waals surface area (Å²) < 4.78 is 2.17. The number of nitrogens with zero attached hydrogens (tertiary/aromatic N) is 2. The largest absolute Gasteiger partial charge is 0.369 e. The van der Waals surface area contributed by atoms with E-state index in [2.05, 4.69) is 33.9 Å². The fraction of sp³-hybridized carbons (Fsp3) is 0.417. The van der Waals surface area contributed by atoms with Crippen molar-refractivity contribution in [1.82, 2.24) is 14.9 Å². The lowest BCUT2D eigenvalue weighted by Gasteiger charge is -2.13. The van der Waals surface area contributed by atoms with Gasteiger partial charge in [0, 0.05) is 6.54 Å². The predicted molar refractivity (Wildman–Crippen MR) is 65.4 cm³/mol. The summed E-state index contributed by atoms with van der Waals surface area (Å²) in [7, 11) is 0. The predicted octanol–water partition coefficient (Wildman–Crippen LogP) is 1.46. The van der Waals surface area contributed by atoms with E-state index in [1.807, 2.05) is 6.07 Å². The van der Waals surface area contributed by atoms with Gasteiger partial charge in [-0.3, -0.25) is 0 Å². The second-order valence-corrected chi connectivity index (χ2v) is 4.48. The molecule has 0 amide bonds. The number of fused-ring (bicyclic) bond motifs is 1. The van der Waals surface area contributed by atoms with Crippen molar-refractivity contribution in [3.05, 3.63) is 23.8 Å². The van der Waals surface area contributed by atoms with Crippen LogP contribution in [0.3, 0.4) is 0 Å². The lowest BCUT2D eigenvalue weighted by atomic mass is 10.2. The Kier molecular flexibility index (Phi) is 2.11. The number of hydrogen-bond donors (Lipinski definition) is 2. The molecular weight excluding hydrogens is 200 g/mol. The van der Waals surface area contributed by atoms with Gasteiger partial charge >= 0.3 is 0 Å². The Morgan fingerprint density at radius 1 is 1.50 bits per heavy atom. The van der Waals surface area contributed by atoms with Crippen molar-refractivity contribution in [3.8, 4) is 0 Å². The molecule has 0 aliphatic carbocycles. The van der Waals surface area contributed by atoms with Gasteiger partial charge in [-0.25, -0.2) is 4.98 Å². The molecule has 2 heterocycles. The molecule has 1 aliphatic rings. The molecule has 84 valence electrons. The van der Waals surface area contributed by atoms with Crippen LogP contribution in [0.15, 0.2) is 18.2 Å². The van der Waals surface area contributed by atoms with Gasteiger partial charge in [0.1, 0.15) is 0 Å². The summed E-state index contributed by atoms with van der Waals surface area (Å²) in [6.45, 7) is 4.15. The average molecular weight is 216 g/mol. The highest BCUT2D eigenvalue weighted by molar-refractivity contribution is 5.79. The Balaban J connectivity index is 2.20. The highest BCUT2D eigenvalue weighted by Crippen LogP contribution is 2.26. The molecule has 4 heteroatoms. The normalized spacial score (nSPS) is 20.7. The average Bonchev–Trinajstić information content (AvgIpc) is 2.83. The maximum Gasteiger partial charge on any atom is 0.201 e.